The largest absolute Gasteiger partial charge is 0.377 e. The molecule has 2 aromatic rings. The molecule has 1 nitrogen and oxygen atoms in total. The van der Waals surface area contributed by atoms with Crippen LogP contribution in [0.15, 0.2) is 64.0 Å². The maximum absolute atomic E-state index is 2.46. The molecule has 0 atom stereocenters. The van der Waals surface area contributed by atoms with Gasteiger partial charge >= 0.3 is 0 Å². The van der Waals surface area contributed by atoms with Gasteiger partial charge in [-0.2, -0.15) is 0 Å². The Balaban J connectivity index is 1.99. The van der Waals surface area contributed by atoms with Crippen LogP contribution in [-0.4, -0.2) is 18.5 Å². The zero-order valence-corrected chi connectivity index (χ0v) is 13.1. The first-order chi connectivity index (χ1) is 10.3. The third-order valence-electron chi connectivity index (χ3n) is 4.44. The van der Waals surface area contributed by atoms with Crippen LogP contribution in [0, 0.1) is 0 Å². The van der Waals surface area contributed by atoms with Crippen LogP contribution >= 0.6 is 11.8 Å². The fourth-order valence-electron chi connectivity index (χ4n) is 3.38. The highest BCUT2D eigenvalue weighted by Gasteiger charge is 2.25. The molecule has 0 aliphatic carbocycles. The predicted octanol–water partition coefficient (Wildman–Crippen LogP) is 5.03. The minimum atomic E-state index is 1.18. The number of nitrogens with zero attached hydrogens (tertiary/aromatic N) is 1. The number of hydrogen-bond donors (Lipinski definition) is 0. The minimum absolute atomic E-state index is 1.18. The van der Waals surface area contributed by atoms with Gasteiger partial charge in [0.15, 0.2) is 0 Å². The van der Waals surface area contributed by atoms with Gasteiger partial charge in [-0.15, -0.1) is 0 Å². The maximum Gasteiger partial charge on any atom is 0.0217 e. The summed E-state index contributed by atoms with van der Waals surface area (Å²) in [5.41, 5.74) is 5.79. The van der Waals surface area contributed by atoms with Gasteiger partial charge in [0, 0.05) is 34.7 Å². The van der Waals surface area contributed by atoms with Crippen molar-refractivity contribution in [3.8, 4) is 0 Å². The Morgan fingerprint density at radius 2 is 1.48 bits per heavy atom. The average Bonchev–Trinajstić information content (AvgIpc) is 2.53. The first kappa shape index (κ1) is 13.0. The van der Waals surface area contributed by atoms with E-state index >= 15 is 0 Å². The van der Waals surface area contributed by atoms with Gasteiger partial charge in [-0.3, -0.25) is 0 Å². The van der Waals surface area contributed by atoms with E-state index in [0.29, 0.717) is 0 Å². The summed E-state index contributed by atoms with van der Waals surface area (Å²) in [6.45, 7) is 1.18. The number of piperidine rings is 1. The van der Waals surface area contributed by atoms with Gasteiger partial charge in [0.1, 0.15) is 0 Å². The standard InChI is InChI=1S/C19H19NS/c1-20-13-7-6-10-16(20)19-14-8-2-4-11-17(14)21-18-12-5-3-9-15(18)19/h2-5,8-9,11-12H,6-7,10,13H2,1H3. The molecule has 0 aromatic heterocycles. The third-order valence-corrected chi connectivity index (χ3v) is 5.59. The molecule has 21 heavy (non-hydrogen) atoms. The minimum Gasteiger partial charge on any atom is -0.377 e. The second-order valence-corrected chi connectivity index (χ2v) is 6.88. The van der Waals surface area contributed by atoms with Crippen molar-refractivity contribution in [1.82, 2.24) is 4.90 Å². The zero-order chi connectivity index (χ0) is 14.2. The molecule has 4 rings (SSSR count). The van der Waals surface area contributed by atoms with Crippen molar-refractivity contribution >= 4 is 17.3 Å². The lowest BCUT2D eigenvalue weighted by Crippen LogP contribution is -2.25. The van der Waals surface area contributed by atoms with Crippen molar-refractivity contribution in [2.45, 2.75) is 29.1 Å². The first-order valence-electron chi connectivity index (χ1n) is 7.65. The predicted molar refractivity (Wildman–Crippen MR) is 89.5 cm³/mol. The highest BCUT2D eigenvalue weighted by molar-refractivity contribution is 7.99. The van der Waals surface area contributed by atoms with Crippen molar-refractivity contribution in [3.63, 3.8) is 0 Å². The maximum atomic E-state index is 2.46. The molecule has 1 saturated heterocycles. The average molecular weight is 293 g/mol. The molecule has 2 heteroatoms. The Hall–Kier alpha value is -1.67. The summed E-state index contributed by atoms with van der Waals surface area (Å²) >= 11 is 1.90. The highest BCUT2D eigenvalue weighted by atomic mass is 32.2. The molecule has 0 N–H and O–H groups in total. The van der Waals surface area contributed by atoms with Gasteiger partial charge < -0.3 is 4.90 Å². The van der Waals surface area contributed by atoms with Crippen LogP contribution in [0.5, 0.6) is 0 Å². The summed E-state index contributed by atoms with van der Waals surface area (Å²) in [5.74, 6) is 0. The van der Waals surface area contributed by atoms with E-state index in [4.69, 9.17) is 0 Å². The molecule has 2 aromatic carbocycles. The van der Waals surface area contributed by atoms with E-state index in [1.807, 2.05) is 11.8 Å². The van der Waals surface area contributed by atoms with Crippen LogP contribution in [0.3, 0.4) is 0 Å². The SMILES string of the molecule is CN1CCCCC1=C1c2ccccc2Sc2ccccc21. The lowest BCUT2D eigenvalue weighted by molar-refractivity contribution is 0.347. The number of fused-ring (bicyclic) bond motifs is 2. The van der Waals surface area contributed by atoms with Crippen molar-refractivity contribution in [2.24, 2.45) is 0 Å². The van der Waals surface area contributed by atoms with Crippen LogP contribution in [0.1, 0.15) is 30.4 Å². The second-order valence-electron chi connectivity index (χ2n) is 5.79. The molecule has 0 amide bonds. The molecular weight excluding hydrogens is 274 g/mol. The Morgan fingerprint density at radius 3 is 2.10 bits per heavy atom. The third kappa shape index (κ3) is 2.18. The van der Waals surface area contributed by atoms with E-state index in [1.165, 1.54) is 58.0 Å². The molecule has 2 aliphatic heterocycles. The summed E-state index contributed by atoms with van der Waals surface area (Å²) in [4.78, 5) is 5.23. The van der Waals surface area contributed by atoms with E-state index in [2.05, 4.69) is 60.5 Å². The van der Waals surface area contributed by atoms with Gasteiger partial charge in [0.25, 0.3) is 0 Å². The summed E-state index contributed by atoms with van der Waals surface area (Å²) in [5, 5.41) is 0. The van der Waals surface area contributed by atoms with Gasteiger partial charge in [-0.1, -0.05) is 48.2 Å². The summed E-state index contributed by atoms with van der Waals surface area (Å²) in [7, 11) is 2.24. The normalized spacial score (nSPS) is 17.5. The van der Waals surface area contributed by atoms with Gasteiger partial charge in [0.2, 0.25) is 0 Å². The van der Waals surface area contributed by atoms with Crippen LogP contribution < -0.4 is 0 Å². The monoisotopic (exact) mass is 293 g/mol. The van der Waals surface area contributed by atoms with E-state index in [9.17, 15) is 0 Å². The summed E-state index contributed by atoms with van der Waals surface area (Å²) in [6, 6.07) is 17.7. The van der Waals surface area contributed by atoms with Gasteiger partial charge in [-0.05, 0) is 42.5 Å². The van der Waals surface area contributed by atoms with Gasteiger partial charge in [0.05, 0.1) is 0 Å². The van der Waals surface area contributed by atoms with Crippen molar-refractivity contribution in [1.29, 1.82) is 0 Å². The molecule has 0 saturated carbocycles. The lowest BCUT2D eigenvalue weighted by Gasteiger charge is -2.33. The molecule has 0 unspecified atom stereocenters. The molecule has 2 heterocycles. The lowest BCUT2D eigenvalue weighted by atomic mass is 9.91. The topological polar surface area (TPSA) is 3.24 Å². The van der Waals surface area contributed by atoms with E-state index in [-0.39, 0.29) is 0 Å². The number of allylic oxidation sites excluding steroid dienone is 1. The summed E-state index contributed by atoms with van der Waals surface area (Å²) < 4.78 is 0. The van der Waals surface area contributed by atoms with Crippen LogP contribution in [0.2, 0.25) is 0 Å². The molecule has 0 radical (unpaired) electrons. The van der Waals surface area contributed by atoms with Crippen LogP contribution in [-0.2, 0) is 0 Å². The number of likely N-dealkylation sites (tertiary alicyclic amines) is 1. The smallest absolute Gasteiger partial charge is 0.0217 e. The second kappa shape index (κ2) is 5.27. The molecule has 1 fully saturated rings. The molecule has 2 aliphatic rings. The fourth-order valence-corrected chi connectivity index (χ4v) is 4.47. The number of benzene rings is 2. The molecular formula is C19H19NS. The Bertz CT molecular complexity index is 670. The van der Waals surface area contributed by atoms with Crippen LogP contribution in [0.25, 0.3) is 5.57 Å². The fraction of sp³-hybridized carbons (Fsp3) is 0.263. The van der Waals surface area contributed by atoms with E-state index < -0.39 is 0 Å². The van der Waals surface area contributed by atoms with Crippen molar-refractivity contribution in [3.05, 3.63) is 65.4 Å². The van der Waals surface area contributed by atoms with E-state index in [1.54, 1.807) is 0 Å². The molecule has 0 bridgehead atoms. The summed E-state index contributed by atoms with van der Waals surface area (Å²) in [6.07, 6.45) is 3.81. The highest BCUT2D eigenvalue weighted by Crippen LogP contribution is 2.47. The van der Waals surface area contributed by atoms with Crippen molar-refractivity contribution < 1.29 is 0 Å². The Kier molecular flexibility index (Phi) is 3.27. The Labute approximate surface area is 130 Å². The van der Waals surface area contributed by atoms with E-state index in [0.717, 1.165) is 0 Å². The molecule has 0 spiro atoms. The molecule has 106 valence electrons. The number of hydrogen-bond acceptors (Lipinski definition) is 2. The first-order valence-corrected chi connectivity index (χ1v) is 8.47. The van der Waals surface area contributed by atoms with Gasteiger partial charge in [-0.25, -0.2) is 0 Å². The van der Waals surface area contributed by atoms with Crippen molar-refractivity contribution in [2.75, 3.05) is 13.6 Å². The number of rotatable bonds is 0. The quantitative estimate of drug-likeness (QED) is 0.572. The zero-order valence-electron chi connectivity index (χ0n) is 12.3. The van der Waals surface area contributed by atoms with Crippen LogP contribution in [0.4, 0.5) is 0 Å². The Morgan fingerprint density at radius 1 is 0.857 bits per heavy atom.